The Labute approximate surface area is 89.8 Å². The molecule has 0 aromatic rings. The largest absolute Gasteiger partial charge is 0.355 e. The number of hydrogen-bond donors (Lipinski definition) is 3. The van der Waals surface area contributed by atoms with Crippen LogP contribution >= 0.6 is 0 Å². The van der Waals surface area contributed by atoms with Crippen LogP contribution in [0.1, 0.15) is 6.42 Å². The molecule has 0 heterocycles. The van der Waals surface area contributed by atoms with E-state index in [-0.39, 0.29) is 44.9 Å². The summed E-state index contributed by atoms with van der Waals surface area (Å²) < 4.78 is 28.6. The summed E-state index contributed by atoms with van der Waals surface area (Å²) in [7, 11) is -3.98. The minimum atomic E-state index is -3.98. The van der Waals surface area contributed by atoms with Crippen molar-refractivity contribution in [2.45, 2.75) is 6.42 Å². The molecule has 74 valence electrons. The molecule has 0 aliphatic heterocycles. The maximum atomic E-state index is 10.7. The second kappa shape index (κ2) is 7.37. The van der Waals surface area contributed by atoms with Gasteiger partial charge in [-0.3, -0.25) is 9.35 Å². The van der Waals surface area contributed by atoms with Gasteiger partial charge in [-0.15, -0.1) is 0 Å². The van der Waals surface area contributed by atoms with Gasteiger partial charge >= 0.3 is 0 Å². The summed E-state index contributed by atoms with van der Waals surface area (Å²) in [4.78, 5) is 10.7. The summed E-state index contributed by atoms with van der Waals surface area (Å²) in [6, 6.07) is 0. The fraction of sp³-hybridized carbons (Fsp3) is 0.800. The van der Waals surface area contributed by atoms with Gasteiger partial charge in [0.15, 0.2) is 0 Å². The molecule has 4 N–H and O–H groups in total. The Morgan fingerprint density at radius 3 is 2.38 bits per heavy atom. The first kappa shape index (κ1) is 15.4. The zero-order valence-corrected chi connectivity index (χ0v) is 11.0. The van der Waals surface area contributed by atoms with Crippen molar-refractivity contribution in [3.8, 4) is 0 Å². The zero-order valence-electron chi connectivity index (χ0n) is 7.19. The summed E-state index contributed by atoms with van der Waals surface area (Å²) in [6.45, 7) is 0.134. The molecule has 13 heavy (non-hydrogen) atoms. The molecule has 0 fully saturated rings. The summed E-state index contributed by atoms with van der Waals surface area (Å²) in [5.41, 5.74) is 5.06. The zero-order chi connectivity index (χ0) is 9.61. The van der Waals surface area contributed by atoms with Crippen molar-refractivity contribution in [2.24, 2.45) is 5.73 Å². The van der Waals surface area contributed by atoms with Gasteiger partial charge in [0.1, 0.15) is 0 Å². The fourth-order valence-electron chi connectivity index (χ4n) is 0.539. The molecule has 6 nitrogen and oxygen atoms in total. The Hall–Kier alpha value is -0.0366. The van der Waals surface area contributed by atoms with Crippen LogP contribution in [0.25, 0.3) is 0 Å². The Morgan fingerprint density at radius 2 is 2.00 bits per heavy atom. The number of rotatable bonds is 5. The van der Waals surface area contributed by atoms with Crippen LogP contribution in [-0.2, 0) is 34.4 Å². The van der Waals surface area contributed by atoms with E-state index in [0.717, 1.165) is 0 Å². The van der Waals surface area contributed by atoms with Gasteiger partial charge in [-0.1, -0.05) is 0 Å². The van der Waals surface area contributed by atoms with Gasteiger partial charge in [-0.05, 0) is 0 Å². The summed E-state index contributed by atoms with van der Waals surface area (Å²) in [5.74, 6) is -0.787. The van der Waals surface area contributed by atoms with Crippen LogP contribution in [-0.4, -0.2) is 37.7 Å². The number of carbonyl (C=O) groups is 1. The number of nitrogens with two attached hydrogens (primary N) is 1. The van der Waals surface area contributed by atoms with Crippen molar-refractivity contribution in [1.29, 1.82) is 0 Å². The van der Waals surface area contributed by atoms with Gasteiger partial charge in [0.25, 0.3) is 10.1 Å². The SMILES string of the molecule is NCCC(=O)NCCS(=O)(=O)O.[Zn]. The van der Waals surface area contributed by atoms with E-state index in [1.165, 1.54) is 0 Å². The Balaban J connectivity index is 0. The number of amides is 1. The Morgan fingerprint density at radius 1 is 1.46 bits per heavy atom. The molecule has 0 unspecified atom stereocenters. The van der Waals surface area contributed by atoms with E-state index in [2.05, 4.69) is 5.32 Å². The summed E-state index contributed by atoms with van der Waals surface area (Å²) in [5, 5.41) is 2.28. The standard InChI is InChI=1S/C5H12N2O4S.Zn/c6-2-1-5(8)7-3-4-12(9,10)11;/h1-4,6H2,(H,7,8)(H,9,10,11);. The smallest absolute Gasteiger partial charge is 0.266 e. The van der Waals surface area contributed by atoms with Gasteiger partial charge in [-0.25, -0.2) is 0 Å². The molecule has 0 aliphatic carbocycles. The summed E-state index contributed by atoms with van der Waals surface area (Å²) >= 11 is 0. The molecule has 8 heteroatoms. The Kier molecular flexibility index (Phi) is 8.76. The van der Waals surface area contributed by atoms with E-state index in [1.807, 2.05) is 0 Å². The molecular formula is C5H12N2O4SZn. The third-order valence-electron chi connectivity index (χ3n) is 1.05. The molecule has 0 bridgehead atoms. The second-order valence-electron chi connectivity index (χ2n) is 2.17. The van der Waals surface area contributed by atoms with E-state index in [0.29, 0.717) is 0 Å². The maximum Gasteiger partial charge on any atom is 0.266 e. The predicted molar refractivity (Wildman–Crippen MR) is 43.1 cm³/mol. The van der Waals surface area contributed by atoms with Crippen LogP contribution in [0.2, 0.25) is 0 Å². The van der Waals surface area contributed by atoms with Crippen LogP contribution in [0.5, 0.6) is 0 Å². The fourth-order valence-corrected chi connectivity index (χ4v) is 0.899. The van der Waals surface area contributed by atoms with E-state index in [9.17, 15) is 13.2 Å². The normalized spacial score (nSPS) is 10.3. The van der Waals surface area contributed by atoms with Crippen LogP contribution < -0.4 is 11.1 Å². The van der Waals surface area contributed by atoms with Crippen LogP contribution in [0.15, 0.2) is 0 Å². The quantitative estimate of drug-likeness (QED) is 0.405. The third-order valence-corrected chi connectivity index (χ3v) is 1.77. The van der Waals surface area contributed by atoms with Gasteiger partial charge in [-0.2, -0.15) is 8.42 Å². The number of carbonyl (C=O) groups excluding carboxylic acids is 1. The number of nitrogens with one attached hydrogen (secondary N) is 1. The Bertz CT molecular complexity index is 241. The molecule has 0 aromatic heterocycles. The molecule has 1 amide bonds. The van der Waals surface area contributed by atoms with Gasteiger partial charge in [0.05, 0.1) is 5.75 Å². The van der Waals surface area contributed by atoms with Crippen LogP contribution in [0, 0.1) is 0 Å². The van der Waals surface area contributed by atoms with Crippen molar-refractivity contribution >= 4 is 16.0 Å². The average Bonchev–Trinajstić information content (AvgIpc) is 1.84. The maximum absolute atomic E-state index is 10.7. The molecule has 0 radical (unpaired) electrons. The van der Waals surface area contributed by atoms with E-state index < -0.39 is 15.9 Å². The van der Waals surface area contributed by atoms with Crippen LogP contribution in [0.3, 0.4) is 0 Å². The molecule has 0 rings (SSSR count). The van der Waals surface area contributed by atoms with Crippen LogP contribution in [0.4, 0.5) is 0 Å². The van der Waals surface area contributed by atoms with Crippen molar-refractivity contribution in [1.82, 2.24) is 5.32 Å². The van der Waals surface area contributed by atoms with Gasteiger partial charge < -0.3 is 11.1 Å². The van der Waals surface area contributed by atoms with Crippen molar-refractivity contribution in [2.75, 3.05) is 18.8 Å². The molecule has 0 saturated heterocycles. The van der Waals surface area contributed by atoms with Crippen molar-refractivity contribution in [3.63, 3.8) is 0 Å². The molecule has 0 aromatic carbocycles. The van der Waals surface area contributed by atoms with Crippen molar-refractivity contribution in [3.05, 3.63) is 0 Å². The summed E-state index contributed by atoms with van der Waals surface area (Å²) in [6.07, 6.45) is 0.158. The predicted octanol–water partition coefficient (Wildman–Crippen LogP) is -1.66. The monoisotopic (exact) mass is 260 g/mol. The molecule has 0 spiro atoms. The molecule has 0 atom stereocenters. The first-order valence-electron chi connectivity index (χ1n) is 3.37. The molecule has 0 aliphatic rings. The topological polar surface area (TPSA) is 109 Å². The van der Waals surface area contributed by atoms with Crippen molar-refractivity contribution < 1.29 is 37.2 Å². The minimum Gasteiger partial charge on any atom is -0.355 e. The van der Waals surface area contributed by atoms with Gasteiger partial charge in [0, 0.05) is 39.0 Å². The first-order chi connectivity index (χ1) is 5.45. The van der Waals surface area contributed by atoms with E-state index >= 15 is 0 Å². The first-order valence-corrected chi connectivity index (χ1v) is 4.98. The third kappa shape index (κ3) is 12.0. The van der Waals surface area contributed by atoms with Gasteiger partial charge in [0.2, 0.25) is 5.91 Å². The molecule has 0 saturated carbocycles. The van der Waals surface area contributed by atoms with E-state index in [4.69, 9.17) is 10.3 Å². The number of hydrogen-bond acceptors (Lipinski definition) is 4. The second-order valence-corrected chi connectivity index (χ2v) is 3.75. The molecular weight excluding hydrogens is 250 g/mol. The minimum absolute atomic E-state index is 0. The van der Waals surface area contributed by atoms with E-state index in [1.54, 1.807) is 0 Å². The average molecular weight is 262 g/mol.